The summed E-state index contributed by atoms with van der Waals surface area (Å²) >= 11 is 0. The zero-order valence-electron chi connectivity index (χ0n) is 15.1. The van der Waals surface area contributed by atoms with Crippen LogP contribution in [-0.2, 0) is 17.4 Å². The van der Waals surface area contributed by atoms with Crippen molar-refractivity contribution < 1.29 is 4.74 Å². The molecule has 122 valence electrons. The van der Waals surface area contributed by atoms with Crippen LogP contribution in [0.4, 0.5) is 0 Å². The van der Waals surface area contributed by atoms with E-state index < -0.39 is 0 Å². The third-order valence-corrected chi connectivity index (χ3v) is 5.02. The molecule has 0 saturated carbocycles. The molecule has 2 heteroatoms. The molecule has 0 bridgehead atoms. The number of hydrogen-bond donors (Lipinski definition) is 0. The molecule has 1 unspecified atom stereocenters. The Labute approximate surface area is 135 Å². The Balaban J connectivity index is 2.10. The predicted octanol–water partition coefficient (Wildman–Crippen LogP) is 4.99. The number of benzene rings is 1. The van der Waals surface area contributed by atoms with E-state index in [0.717, 1.165) is 6.54 Å². The number of ether oxygens (including phenoxy) is 1. The smallest absolute Gasteiger partial charge is 0.152 e. The summed E-state index contributed by atoms with van der Waals surface area (Å²) in [7, 11) is 0. The molecule has 22 heavy (non-hydrogen) atoms. The monoisotopic (exact) mass is 301 g/mol. The van der Waals surface area contributed by atoms with Crippen LogP contribution >= 0.6 is 0 Å². The van der Waals surface area contributed by atoms with Crippen LogP contribution in [0.3, 0.4) is 0 Å². The SMILES string of the molecule is CC(C)(C)c1cc2c(c(C(C)(C)C)c1)OC1CCCCN1C2. The number of nitrogens with zero attached hydrogens (tertiary/aromatic N) is 1. The van der Waals surface area contributed by atoms with E-state index >= 15 is 0 Å². The van der Waals surface area contributed by atoms with Crippen LogP contribution in [0.15, 0.2) is 12.1 Å². The summed E-state index contributed by atoms with van der Waals surface area (Å²) in [6.07, 6.45) is 4.06. The van der Waals surface area contributed by atoms with E-state index in [2.05, 4.69) is 58.6 Å². The van der Waals surface area contributed by atoms with Gasteiger partial charge in [-0.15, -0.1) is 0 Å². The molecular formula is C20H31NO. The Kier molecular flexibility index (Phi) is 3.79. The lowest BCUT2D eigenvalue weighted by atomic mass is 9.78. The van der Waals surface area contributed by atoms with E-state index in [4.69, 9.17) is 4.74 Å². The van der Waals surface area contributed by atoms with Crippen molar-refractivity contribution in [2.24, 2.45) is 0 Å². The number of piperidine rings is 1. The summed E-state index contributed by atoms with van der Waals surface area (Å²) in [5.74, 6) is 1.17. The summed E-state index contributed by atoms with van der Waals surface area (Å²) < 4.78 is 6.49. The zero-order chi connectivity index (χ0) is 16.1. The lowest BCUT2D eigenvalue weighted by Crippen LogP contribution is -2.46. The largest absolute Gasteiger partial charge is 0.474 e. The first-order valence-electron chi connectivity index (χ1n) is 8.75. The van der Waals surface area contributed by atoms with Gasteiger partial charge in [-0.25, -0.2) is 0 Å². The highest BCUT2D eigenvalue weighted by atomic mass is 16.5. The van der Waals surface area contributed by atoms with Gasteiger partial charge in [-0.05, 0) is 35.7 Å². The second-order valence-electron chi connectivity index (χ2n) is 9.05. The summed E-state index contributed by atoms with van der Waals surface area (Å²) in [4.78, 5) is 2.52. The first-order valence-corrected chi connectivity index (χ1v) is 8.75. The minimum atomic E-state index is 0.113. The Morgan fingerprint density at radius 2 is 1.73 bits per heavy atom. The lowest BCUT2D eigenvalue weighted by molar-refractivity contribution is -0.0281. The third-order valence-electron chi connectivity index (χ3n) is 5.02. The second kappa shape index (κ2) is 5.26. The van der Waals surface area contributed by atoms with Crippen molar-refractivity contribution in [3.8, 4) is 5.75 Å². The van der Waals surface area contributed by atoms with Crippen LogP contribution in [0.5, 0.6) is 5.75 Å². The van der Waals surface area contributed by atoms with Crippen molar-refractivity contribution in [3.63, 3.8) is 0 Å². The third kappa shape index (κ3) is 2.90. The summed E-state index contributed by atoms with van der Waals surface area (Å²) in [6, 6.07) is 4.77. The predicted molar refractivity (Wildman–Crippen MR) is 92.5 cm³/mol. The topological polar surface area (TPSA) is 12.5 Å². The van der Waals surface area contributed by atoms with Crippen molar-refractivity contribution in [2.45, 2.75) is 84.4 Å². The van der Waals surface area contributed by atoms with Crippen molar-refractivity contribution in [1.82, 2.24) is 4.90 Å². The normalized spacial score (nSPS) is 22.7. The van der Waals surface area contributed by atoms with Crippen LogP contribution in [-0.4, -0.2) is 17.7 Å². The van der Waals surface area contributed by atoms with Crippen LogP contribution in [0.2, 0.25) is 0 Å². The van der Waals surface area contributed by atoms with Gasteiger partial charge in [0.05, 0.1) is 0 Å². The maximum Gasteiger partial charge on any atom is 0.152 e. The highest BCUT2D eigenvalue weighted by molar-refractivity contribution is 5.50. The molecule has 0 spiro atoms. The quantitative estimate of drug-likeness (QED) is 0.669. The number of hydrogen-bond acceptors (Lipinski definition) is 2. The molecule has 0 amide bonds. The number of fused-ring (bicyclic) bond motifs is 2. The Morgan fingerprint density at radius 1 is 1.00 bits per heavy atom. The fourth-order valence-electron chi connectivity index (χ4n) is 3.57. The fraction of sp³-hybridized carbons (Fsp3) is 0.700. The molecule has 1 saturated heterocycles. The molecule has 0 aliphatic carbocycles. The molecule has 2 heterocycles. The van der Waals surface area contributed by atoms with Crippen LogP contribution in [0, 0.1) is 0 Å². The summed E-state index contributed by atoms with van der Waals surface area (Å²) in [5.41, 5.74) is 4.47. The summed E-state index contributed by atoms with van der Waals surface area (Å²) in [6.45, 7) is 16.0. The van der Waals surface area contributed by atoms with E-state index in [1.165, 1.54) is 48.2 Å². The highest BCUT2D eigenvalue weighted by Crippen LogP contribution is 2.42. The zero-order valence-corrected chi connectivity index (χ0v) is 15.1. The van der Waals surface area contributed by atoms with E-state index in [1.807, 2.05) is 0 Å². The van der Waals surface area contributed by atoms with E-state index in [1.54, 1.807) is 0 Å². The minimum Gasteiger partial charge on any atom is -0.474 e. The van der Waals surface area contributed by atoms with Crippen molar-refractivity contribution in [3.05, 3.63) is 28.8 Å². The molecule has 2 aliphatic rings. The van der Waals surface area contributed by atoms with Crippen molar-refractivity contribution >= 4 is 0 Å². The van der Waals surface area contributed by atoms with Gasteiger partial charge in [0.25, 0.3) is 0 Å². The first-order chi connectivity index (χ1) is 10.2. The lowest BCUT2D eigenvalue weighted by Gasteiger charge is -2.42. The average Bonchev–Trinajstić information content (AvgIpc) is 2.41. The van der Waals surface area contributed by atoms with Gasteiger partial charge in [-0.2, -0.15) is 0 Å². The van der Waals surface area contributed by atoms with Gasteiger partial charge in [-0.3, -0.25) is 4.90 Å². The van der Waals surface area contributed by atoms with Gasteiger partial charge in [0.15, 0.2) is 6.23 Å². The molecule has 2 aliphatic heterocycles. The molecule has 1 aromatic rings. The van der Waals surface area contributed by atoms with E-state index in [0.29, 0.717) is 6.23 Å². The van der Waals surface area contributed by atoms with Crippen LogP contribution in [0.25, 0.3) is 0 Å². The van der Waals surface area contributed by atoms with Gasteiger partial charge in [0, 0.05) is 24.2 Å². The molecule has 1 aromatic carbocycles. The standard InChI is InChI=1S/C20H31NO/c1-19(2,3)15-11-14-13-21-10-8-7-9-17(21)22-18(14)16(12-15)20(4,5)6/h11-12,17H,7-10,13H2,1-6H3. The van der Waals surface area contributed by atoms with Crippen LogP contribution < -0.4 is 4.74 Å². The fourth-order valence-corrected chi connectivity index (χ4v) is 3.57. The van der Waals surface area contributed by atoms with Gasteiger partial charge >= 0.3 is 0 Å². The molecular weight excluding hydrogens is 270 g/mol. The molecule has 1 fully saturated rings. The first kappa shape index (κ1) is 15.9. The van der Waals surface area contributed by atoms with Crippen molar-refractivity contribution in [2.75, 3.05) is 6.54 Å². The number of rotatable bonds is 0. The molecule has 2 nitrogen and oxygen atoms in total. The Hall–Kier alpha value is -1.02. The maximum atomic E-state index is 6.49. The van der Waals surface area contributed by atoms with Gasteiger partial charge in [-0.1, -0.05) is 53.7 Å². The Morgan fingerprint density at radius 3 is 2.36 bits per heavy atom. The van der Waals surface area contributed by atoms with Gasteiger partial charge in [0.2, 0.25) is 0 Å². The summed E-state index contributed by atoms with van der Waals surface area (Å²) in [5, 5.41) is 0. The highest BCUT2D eigenvalue weighted by Gasteiger charge is 2.34. The molecule has 3 rings (SSSR count). The molecule has 0 aromatic heterocycles. The van der Waals surface area contributed by atoms with E-state index in [-0.39, 0.29) is 10.8 Å². The molecule has 0 radical (unpaired) electrons. The maximum absolute atomic E-state index is 6.49. The molecule has 0 N–H and O–H groups in total. The molecule has 1 atom stereocenters. The second-order valence-corrected chi connectivity index (χ2v) is 9.05. The van der Waals surface area contributed by atoms with Gasteiger partial charge in [0.1, 0.15) is 5.75 Å². The van der Waals surface area contributed by atoms with Crippen LogP contribution in [0.1, 0.15) is 77.5 Å². The Bertz CT molecular complexity index is 562. The van der Waals surface area contributed by atoms with E-state index in [9.17, 15) is 0 Å². The van der Waals surface area contributed by atoms with Gasteiger partial charge < -0.3 is 4.74 Å². The minimum absolute atomic E-state index is 0.113. The average molecular weight is 301 g/mol. The van der Waals surface area contributed by atoms with Crippen molar-refractivity contribution in [1.29, 1.82) is 0 Å².